The van der Waals surface area contributed by atoms with Gasteiger partial charge in [0, 0.05) is 29.2 Å². The number of unbranched alkanes of at least 4 members (excludes halogenated alkanes) is 1. The molecule has 0 saturated carbocycles. The summed E-state index contributed by atoms with van der Waals surface area (Å²) in [6.45, 7) is 4.27. The third-order valence-corrected chi connectivity index (χ3v) is 6.14. The number of carbonyl (C=O) groups excluding carboxylic acids is 2. The molecule has 166 valence electrons. The number of fused-ring (bicyclic) bond motifs is 1. The minimum absolute atomic E-state index is 0.0378. The minimum Gasteiger partial charge on any atom is -0.507 e. The second kappa shape index (κ2) is 8.71. The van der Waals surface area contributed by atoms with Gasteiger partial charge in [0.1, 0.15) is 11.5 Å². The molecule has 2 aromatic carbocycles. The zero-order chi connectivity index (χ0) is 23.0. The van der Waals surface area contributed by atoms with Gasteiger partial charge >= 0.3 is 0 Å². The molecule has 1 fully saturated rings. The molecule has 4 rings (SSSR count). The van der Waals surface area contributed by atoms with Crippen molar-refractivity contribution in [2.24, 2.45) is 0 Å². The van der Waals surface area contributed by atoms with Crippen molar-refractivity contribution < 1.29 is 19.4 Å². The maximum atomic E-state index is 13.2. The first-order valence-corrected chi connectivity index (χ1v) is 11.0. The molecule has 32 heavy (non-hydrogen) atoms. The summed E-state index contributed by atoms with van der Waals surface area (Å²) < 4.78 is 5.42. The van der Waals surface area contributed by atoms with Gasteiger partial charge in [0.15, 0.2) is 0 Å². The summed E-state index contributed by atoms with van der Waals surface area (Å²) in [7, 11) is 1.45. The van der Waals surface area contributed by atoms with Crippen molar-refractivity contribution >= 4 is 40.0 Å². The van der Waals surface area contributed by atoms with Crippen LogP contribution in [0.15, 0.2) is 48.2 Å². The SMILES string of the molecule is CCCCN1C(=O)C(=O)/C(=C(/O)c2cc(C)cc(Cl)c2OC)C1c1c[nH]c2ccccc12. The summed E-state index contributed by atoms with van der Waals surface area (Å²) in [6.07, 6.45) is 3.41. The van der Waals surface area contributed by atoms with E-state index in [9.17, 15) is 14.7 Å². The average Bonchev–Trinajstić information content (AvgIpc) is 3.30. The molecule has 1 unspecified atom stereocenters. The largest absolute Gasteiger partial charge is 0.507 e. The molecular weight excluding hydrogens is 428 g/mol. The third kappa shape index (κ3) is 3.54. The number of nitrogens with one attached hydrogen (secondary N) is 1. The number of aliphatic hydroxyl groups excluding tert-OH is 1. The Labute approximate surface area is 191 Å². The van der Waals surface area contributed by atoms with E-state index < -0.39 is 17.7 Å². The maximum absolute atomic E-state index is 13.2. The maximum Gasteiger partial charge on any atom is 0.295 e. The predicted octanol–water partition coefficient (Wildman–Crippen LogP) is 5.36. The smallest absolute Gasteiger partial charge is 0.295 e. The van der Waals surface area contributed by atoms with Crippen LogP contribution in [-0.4, -0.2) is 40.3 Å². The normalized spacial score (nSPS) is 18.0. The summed E-state index contributed by atoms with van der Waals surface area (Å²) in [5.41, 5.74) is 2.77. The lowest BCUT2D eigenvalue weighted by Crippen LogP contribution is -2.30. The summed E-state index contributed by atoms with van der Waals surface area (Å²) >= 11 is 6.34. The Kier molecular flexibility index (Phi) is 5.98. The quantitative estimate of drug-likeness (QED) is 0.299. The summed E-state index contributed by atoms with van der Waals surface area (Å²) in [6, 6.07) is 10.4. The molecule has 1 aliphatic heterocycles. The molecule has 1 amide bonds. The lowest BCUT2D eigenvalue weighted by atomic mass is 9.94. The lowest BCUT2D eigenvalue weighted by molar-refractivity contribution is -0.139. The minimum atomic E-state index is -0.721. The molecule has 6 nitrogen and oxygen atoms in total. The fourth-order valence-corrected chi connectivity index (χ4v) is 4.69. The number of amides is 1. The highest BCUT2D eigenvalue weighted by molar-refractivity contribution is 6.46. The molecule has 2 heterocycles. The second-order valence-corrected chi connectivity index (χ2v) is 8.37. The van der Waals surface area contributed by atoms with Gasteiger partial charge in [-0.25, -0.2) is 0 Å². The van der Waals surface area contributed by atoms with Gasteiger partial charge in [-0.2, -0.15) is 0 Å². The van der Waals surface area contributed by atoms with Crippen LogP contribution in [0.4, 0.5) is 0 Å². The number of carbonyl (C=O) groups is 2. The van der Waals surface area contributed by atoms with Crippen LogP contribution in [0.2, 0.25) is 5.02 Å². The Hall–Kier alpha value is -3.25. The van der Waals surface area contributed by atoms with E-state index in [0.717, 1.165) is 34.9 Å². The molecular formula is C25H25ClN2O4. The number of hydrogen-bond acceptors (Lipinski definition) is 4. The number of ether oxygens (including phenoxy) is 1. The number of nitrogens with zero attached hydrogens (tertiary/aromatic N) is 1. The molecule has 0 spiro atoms. The van der Waals surface area contributed by atoms with Crippen molar-refractivity contribution in [2.45, 2.75) is 32.7 Å². The van der Waals surface area contributed by atoms with Gasteiger partial charge in [-0.3, -0.25) is 9.59 Å². The van der Waals surface area contributed by atoms with Crippen molar-refractivity contribution in [1.29, 1.82) is 0 Å². The van der Waals surface area contributed by atoms with Gasteiger partial charge in [0.05, 0.1) is 29.3 Å². The fourth-order valence-electron chi connectivity index (χ4n) is 4.34. The van der Waals surface area contributed by atoms with Crippen molar-refractivity contribution in [2.75, 3.05) is 13.7 Å². The zero-order valence-corrected chi connectivity index (χ0v) is 19.0. The van der Waals surface area contributed by atoms with Crippen LogP contribution < -0.4 is 4.74 Å². The van der Waals surface area contributed by atoms with Crippen LogP contribution in [0, 0.1) is 6.92 Å². The number of methoxy groups -OCH3 is 1. The number of aryl methyl sites for hydroxylation is 1. The Morgan fingerprint density at radius 1 is 1.25 bits per heavy atom. The summed E-state index contributed by atoms with van der Waals surface area (Å²) in [5, 5.41) is 12.6. The highest BCUT2D eigenvalue weighted by atomic mass is 35.5. The van der Waals surface area contributed by atoms with Crippen LogP contribution in [0.25, 0.3) is 16.7 Å². The second-order valence-electron chi connectivity index (χ2n) is 7.96. The Morgan fingerprint density at radius 2 is 2.00 bits per heavy atom. The van der Waals surface area contributed by atoms with Crippen LogP contribution >= 0.6 is 11.6 Å². The van der Waals surface area contributed by atoms with Crippen LogP contribution in [0.3, 0.4) is 0 Å². The zero-order valence-electron chi connectivity index (χ0n) is 18.2. The van der Waals surface area contributed by atoms with E-state index in [0.29, 0.717) is 11.6 Å². The van der Waals surface area contributed by atoms with E-state index in [1.54, 1.807) is 23.2 Å². The summed E-state index contributed by atoms with van der Waals surface area (Å²) in [5.74, 6) is -1.37. The number of ketones is 1. The monoisotopic (exact) mass is 452 g/mol. The predicted molar refractivity (Wildman–Crippen MR) is 125 cm³/mol. The standard InChI is InChI=1S/C25H25ClN2O4/c1-4-5-10-28-21(17-13-27-19-9-7-6-8-15(17)19)20(23(30)25(28)31)22(29)16-11-14(2)12-18(26)24(16)32-3/h6-9,11-13,21,27,29H,4-5,10H2,1-3H3/b22-20+. The molecule has 3 aromatic rings. The number of benzene rings is 2. The number of H-pyrrole nitrogens is 1. The van der Waals surface area contributed by atoms with Crippen molar-refractivity contribution in [3.8, 4) is 5.75 Å². The van der Waals surface area contributed by atoms with Gasteiger partial charge in [0.2, 0.25) is 0 Å². The number of Topliss-reactive ketones (excluding diaryl/α,β-unsaturated/α-hetero) is 1. The van der Waals surface area contributed by atoms with E-state index in [1.165, 1.54) is 7.11 Å². The van der Waals surface area contributed by atoms with Crippen LogP contribution in [-0.2, 0) is 9.59 Å². The Balaban J connectivity index is 1.98. The first-order valence-electron chi connectivity index (χ1n) is 10.6. The molecule has 1 aromatic heterocycles. The molecule has 2 N–H and O–H groups in total. The van der Waals surface area contributed by atoms with E-state index in [4.69, 9.17) is 16.3 Å². The number of para-hydroxylation sites is 1. The molecule has 0 radical (unpaired) electrons. The number of hydrogen-bond donors (Lipinski definition) is 2. The van der Waals surface area contributed by atoms with Gasteiger partial charge in [-0.1, -0.05) is 43.1 Å². The van der Waals surface area contributed by atoms with Crippen molar-refractivity contribution in [3.63, 3.8) is 0 Å². The van der Waals surface area contributed by atoms with Gasteiger partial charge in [-0.15, -0.1) is 0 Å². The molecule has 1 atom stereocenters. The Bertz CT molecular complexity index is 1240. The third-order valence-electron chi connectivity index (χ3n) is 5.86. The van der Waals surface area contributed by atoms with Gasteiger partial charge in [-0.05, 0) is 37.1 Å². The topological polar surface area (TPSA) is 82.6 Å². The molecule has 1 aliphatic rings. The number of likely N-dealkylation sites (tertiary alicyclic amines) is 1. The number of rotatable bonds is 6. The number of aromatic amines is 1. The van der Waals surface area contributed by atoms with Crippen molar-refractivity contribution in [1.82, 2.24) is 9.88 Å². The van der Waals surface area contributed by atoms with Crippen molar-refractivity contribution in [3.05, 3.63) is 69.9 Å². The van der Waals surface area contributed by atoms with E-state index >= 15 is 0 Å². The van der Waals surface area contributed by atoms with Gasteiger partial charge < -0.3 is 19.7 Å². The molecule has 1 saturated heterocycles. The van der Waals surface area contributed by atoms with Crippen LogP contribution in [0.5, 0.6) is 5.75 Å². The van der Waals surface area contributed by atoms with Crippen LogP contribution in [0.1, 0.15) is 42.5 Å². The lowest BCUT2D eigenvalue weighted by Gasteiger charge is -2.25. The number of aliphatic hydroxyl groups is 1. The van der Waals surface area contributed by atoms with E-state index in [1.807, 2.05) is 38.1 Å². The number of halogens is 1. The first kappa shape index (κ1) is 22.0. The first-order chi connectivity index (χ1) is 15.4. The molecule has 0 aliphatic carbocycles. The Morgan fingerprint density at radius 3 is 2.72 bits per heavy atom. The fraction of sp³-hybridized carbons (Fsp3) is 0.280. The van der Waals surface area contributed by atoms with E-state index in [2.05, 4.69) is 4.98 Å². The highest BCUT2D eigenvalue weighted by Crippen LogP contribution is 2.44. The highest BCUT2D eigenvalue weighted by Gasteiger charge is 2.46. The molecule has 0 bridgehead atoms. The average molecular weight is 453 g/mol. The summed E-state index contributed by atoms with van der Waals surface area (Å²) in [4.78, 5) is 31.0. The van der Waals surface area contributed by atoms with Gasteiger partial charge in [0.25, 0.3) is 11.7 Å². The van der Waals surface area contributed by atoms with E-state index in [-0.39, 0.29) is 22.6 Å². The molecule has 7 heteroatoms. The number of aromatic nitrogens is 1.